The second-order valence-electron chi connectivity index (χ2n) is 8.15. The highest BCUT2D eigenvalue weighted by molar-refractivity contribution is 7.80. The standard InChI is InChI=1S/C25H33N3O4S/c1-2-30-22-7-4-20(5-8-22)18-28(11-3-10-27-12-14-29-15-13-27)25(33)26-17-21-6-9-23-24(16-21)32-19-31-23/h4-9,16H,2-3,10-15,17-19H2,1H3,(H,26,33). The Hall–Kier alpha value is -2.55. The summed E-state index contributed by atoms with van der Waals surface area (Å²) in [4.78, 5) is 4.71. The van der Waals surface area contributed by atoms with Crippen LogP contribution in [0.5, 0.6) is 17.2 Å². The maximum absolute atomic E-state index is 5.81. The molecule has 2 aliphatic heterocycles. The summed E-state index contributed by atoms with van der Waals surface area (Å²) in [5, 5.41) is 4.19. The van der Waals surface area contributed by atoms with Gasteiger partial charge in [-0.2, -0.15) is 0 Å². The molecule has 0 unspecified atom stereocenters. The number of nitrogens with zero attached hydrogens (tertiary/aromatic N) is 2. The van der Waals surface area contributed by atoms with Gasteiger partial charge >= 0.3 is 0 Å². The monoisotopic (exact) mass is 471 g/mol. The van der Waals surface area contributed by atoms with Crippen LogP contribution in [-0.4, -0.2) is 67.7 Å². The third kappa shape index (κ3) is 6.96. The maximum Gasteiger partial charge on any atom is 0.231 e. The first-order chi connectivity index (χ1) is 16.2. The summed E-state index contributed by atoms with van der Waals surface area (Å²) in [6.07, 6.45) is 1.04. The van der Waals surface area contributed by atoms with Crippen molar-refractivity contribution < 1.29 is 18.9 Å². The summed E-state index contributed by atoms with van der Waals surface area (Å²) >= 11 is 5.81. The van der Waals surface area contributed by atoms with Crippen LogP contribution in [0.2, 0.25) is 0 Å². The zero-order chi connectivity index (χ0) is 22.9. The van der Waals surface area contributed by atoms with Gasteiger partial charge in [0.2, 0.25) is 6.79 Å². The minimum Gasteiger partial charge on any atom is -0.494 e. The first-order valence-corrected chi connectivity index (χ1v) is 12.1. The van der Waals surface area contributed by atoms with Gasteiger partial charge in [0.05, 0.1) is 19.8 Å². The summed E-state index contributed by atoms with van der Waals surface area (Å²) < 4.78 is 21.9. The van der Waals surface area contributed by atoms with Gasteiger partial charge in [0.25, 0.3) is 0 Å². The lowest BCUT2D eigenvalue weighted by Gasteiger charge is -2.29. The van der Waals surface area contributed by atoms with Crippen molar-refractivity contribution in [3.63, 3.8) is 0 Å². The van der Waals surface area contributed by atoms with E-state index in [0.717, 1.165) is 80.3 Å². The van der Waals surface area contributed by atoms with E-state index >= 15 is 0 Å². The number of nitrogens with one attached hydrogen (secondary N) is 1. The first kappa shape index (κ1) is 23.6. The van der Waals surface area contributed by atoms with Crippen LogP contribution in [0.1, 0.15) is 24.5 Å². The molecular weight excluding hydrogens is 438 g/mol. The molecule has 33 heavy (non-hydrogen) atoms. The van der Waals surface area contributed by atoms with Crippen molar-refractivity contribution >= 4 is 17.3 Å². The molecule has 0 aromatic heterocycles. The molecule has 1 fully saturated rings. The van der Waals surface area contributed by atoms with Gasteiger partial charge in [-0.1, -0.05) is 18.2 Å². The zero-order valence-electron chi connectivity index (χ0n) is 19.3. The molecule has 178 valence electrons. The Labute approximate surface area is 201 Å². The van der Waals surface area contributed by atoms with Gasteiger partial charge < -0.3 is 29.2 Å². The van der Waals surface area contributed by atoms with Crippen LogP contribution >= 0.6 is 12.2 Å². The Balaban J connectivity index is 1.35. The van der Waals surface area contributed by atoms with E-state index in [2.05, 4.69) is 27.2 Å². The van der Waals surface area contributed by atoms with Crippen LogP contribution < -0.4 is 19.5 Å². The van der Waals surface area contributed by atoms with Crippen LogP contribution in [0.3, 0.4) is 0 Å². The molecule has 2 heterocycles. The zero-order valence-corrected chi connectivity index (χ0v) is 20.1. The minimum atomic E-state index is 0.281. The van der Waals surface area contributed by atoms with Crippen molar-refractivity contribution in [3.05, 3.63) is 53.6 Å². The molecule has 0 spiro atoms. The normalized spacial score (nSPS) is 15.3. The highest BCUT2D eigenvalue weighted by Gasteiger charge is 2.16. The molecule has 0 amide bonds. The van der Waals surface area contributed by atoms with E-state index in [1.54, 1.807) is 0 Å². The average Bonchev–Trinajstić information content (AvgIpc) is 3.32. The number of ether oxygens (including phenoxy) is 4. The number of benzene rings is 2. The molecule has 8 heteroatoms. The van der Waals surface area contributed by atoms with Gasteiger partial charge in [-0.15, -0.1) is 0 Å². The smallest absolute Gasteiger partial charge is 0.231 e. The van der Waals surface area contributed by atoms with Gasteiger partial charge in [-0.05, 0) is 61.0 Å². The topological polar surface area (TPSA) is 55.4 Å². The quantitative estimate of drug-likeness (QED) is 0.529. The lowest BCUT2D eigenvalue weighted by molar-refractivity contribution is 0.0367. The lowest BCUT2D eigenvalue weighted by Crippen LogP contribution is -2.42. The fraction of sp³-hybridized carbons (Fsp3) is 0.480. The molecule has 1 saturated heterocycles. The maximum atomic E-state index is 5.81. The molecule has 0 atom stereocenters. The fourth-order valence-electron chi connectivity index (χ4n) is 3.98. The Kier molecular flexibility index (Phi) is 8.63. The number of hydrogen-bond donors (Lipinski definition) is 1. The van der Waals surface area contributed by atoms with Gasteiger partial charge in [-0.3, -0.25) is 4.90 Å². The largest absolute Gasteiger partial charge is 0.494 e. The molecule has 2 aromatic rings. The second-order valence-corrected chi connectivity index (χ2v) is 8.54. The van der Waals surface area contributed by atoms with Gasteiger partial charge in [0.15, 0.2) is 16.6 Å². The van der Waals surface area contributed by atoms with Crippen molar-refractivity contribution in [1.82, 2.24) is 15.1 Å². The SMILES string of the molecule is CCOc1ccc(CN(CCCN2CCOCC2)C(=S)NCc2ccc3c(c2)OCO3)cc1. The third-order valence-electron chi connectivity index (χ3n) is 5.78. The highest BCUT2D eigenvalue weighted by atomic mass is 32.1. The molecule has 2 aromatic carbocycles. The van der Waals surface area contributed by atoms with E-state index < -0.39 is 0 Å². The summed E-state index contributed by atoms with van der Waals surface area (Å²) in [5.74, 6) is 2.47. The second kappa shape index (κ2) is 12.1. The number of rotatable bonds is 10. The van der Waals surface area contributed by atoms with Crippen LogP contribution in [0.4, 0.5) is 0 Å². The van der Waals surface area contributed by atoms with E-state index in [4.69, 9.17) is 31.2 Å². The molecule has 2 aliphatic rings. The van der Waals surface area contributed by atoms with Crippen LogP contribution in [0.15, 0.2) is 42.5 Å². The molecular formula is C25H33N3O4S. The predicted octanol–water partition coefficient (Wildman–Crippen LogP) is 3.41. The van der Waals surface area contributed by atoms with E-state index in [9.17, 15) is 0 Å². The number of hydrogen-bond acceptors (Lipinski definition) is 6. The summed E-state index contributed by atoms with van der Waals surface area (Å²) in [6.45, 7) is 9.93. The predicted molar refractivity (Wildman–Crippen MR) is 132 cm³/mol. The average molecular weight is 472 g/mol. The van der Waals surface area contributed by atoms with Crippen LogP contribution in [0, 0.1) is 0 Å². The Morgan fingerprint density at radius 1 is 1.06 bits per heavy atom. The Morgan fingerprint density at radius 2 is 1.82 bits per heavy atom. The van der Waals surface area contributed by atoms with E-state index in [0.29, 0.717) is 13.2 Å². The van der Waals surface area contributed by atoms with Crippen LogP contribution in [-0.2, 0) is 17.8 Å². The van der Waals surface area contributed by atoms with Crippen LogP contribution in [0.25, 0.3) is 0 Å². The van der Waals surface area contributed by atoms with E-state index in [-0.39, 0.29) is 6.79 Å². The van der Waals surface area contributed by atoms with E-state index in [1.165, 1.54) is 5.56 Å². The first-order valence-electron chi connectivity index (χ1n) is 11.6. The fourth-order valence-corrected chi connectivity index (χ4v) is 4.21. The molecule has 7 nitrogen and oxygen atoms in total. The molecule has 0 bridgehead atoms. The molecule has 1 N–H and O–H groups in total. The minimum absolute atomic E-state index is 0.281. The summed E-state index contributed by atoms with van der Waals surface area (Å²) in [5.41, 5.74) is 2.31. The molecule has 4 rings (SSSR count). The van der Waals surface area contributed by atoms with Crippen molar-refractivity contribution in [2.24, 2.45) is 0 Å². The van der Waals surface area contributed by atoms with Crippen molar-refractivity contribution in [3.8, 4) is 17.2 Å². The summed E-state index contributed by atoms with van der Waals surface area (Å²) in [6, 6.07) is 14.3. The van der Waals surface area contributed by atoms with Crippen molar-refractivity contribution in [2.75, 3.05) is 52.8 Å². The van der Waals surface area contributed by atoms with Crippen molar-refractivity contribution in [2.45, 2.75) is 26.4 Å². The van der Waals surface area contributed by atoms with Gasteiger partial charge in [-0.25, -0.2) is 0 Å². The molecule has 0 saturated carbocycles. The van der Waals surface area contributed by atoms with E-state index in [1.807, 2.05) is 37.3 Å². The Bertz CT molecular complexity index is 903. The summed E-state index contributed by atoms with van der Waals surface area (Å²) in [7, 11) is 0. The van der Waals surface area contributed by atoms with Gasteiger partial charge in [0.1, 0.15) is 5.75 Å². The molecule has 0 radical (unpaired) electrons. The number of thiocarbonyl (C=S) groups is 1. The van der Waals surface area contributed by atoms with Gasteiger partial charge in [0, 0.05) is 39.3 Å². The highest BCUT2D eigenvalue weighted by Crippen LogP contribution is 2.32. The molecule has 0 aliphatic carbocycles. The lowest BCUT2D eigenvalue weighted by atomic mass is 10.2. The Morgan fingerprint density at radius 3 is 2.61 bits per heavy atom. The number of morpholine rings is 1. The number of fused-ring (bicyclic) bond motifs is 1. The third-order valence-corrected chi connectivity index (χ3v) is 6.18. The van der Waals surface area contributed by atoms with Crippen molar-refractivity contribution in [1.29, 1.82) is 0 Å².